The minimum Gasteiger partial charge on any atom is -0.354 e. The fourth-order valence-corrected chi connectivity index (χ4v) is 7.19. The molecule has 4 fully saturated rings. The lowest BCUT2D eigenvalue weighted by molar-refractivity contribution is -0.146. The summed E-state index contributed by atoms with van der Waals surface area (Å²) in [5.41, 5.74) is 0.896. The van der Waals surface area contributed by atoms with Crippen LogP contribution in [0.15, 0.2) is 29.2 Å². The van der Waals surface area contributed by atoms with Gasteiger partial charge in [0.25, 0.3) is 0 Å². The Hall–Kier alpha value is -1.40. The number of nitrogens with one attached hydrogen (secondary N) is 2. The zero-order valence-electron chi connectivity index (χ0n) is 17.8. The third-order valence-corrected chi connectivity index (χ3v) is 8.73. The van der Waals surface area contributed by atoms with Crippen LogP contribution in [0.1, 0.15) is 64.9 Å². The molecule has 0 saturated heterocycles. The van der Waals surface area contributed by atoms with E-state index in [-0.39, 0.29) is 28.2 Å². The van der Waals surface area contributed by atoms with E-state index in [2.05, 4.69) is 30.8 Å². The Labute approximate surface area is 175 Å². The topological polar surface area (TPSA) is 75.3 Å². The highest BCUT2D eigenvalue weighted by molar-refractivity contribution is 7.89. The van der Waals surface area contributed by atoms with Crippen molar-refractivity contribution in [3.05, 3.63) is 29.8 Å². The van der Waals surface area contributed by atoms with Crippen molar-refractivity contribution in [1.82, 2.24) is 10.0 Å². The number of carbonyl (C=O) groups is 1. The van der Waals surface area contributed by atoms with Crippen LogP contribution in [0.5, 0.6) is 0 Å². The minimum absolute atomic E-state index is 0.0166. The van der Waals surface area contributed by atoms with Gasteiger partial charge in [-0.15, -0.1) is 0 Å². The molecule has 2 N–H and O–H groups in total. The van der Waals surface area contributed by atoms with Gasteiger partial charge in [0, 0.05) is 18.5 Å². The van der Waals surface area contributed by atoms with Crippen molar-refractivity contribution in [2.75, 3.05) is 13.1 Å². The number of hydrogen-bond acceptors (Lipinski definition) is 3. The molecule has 0 aromatic heterocycles. The predicted molar refractivity (Wildman–Crippen MR) is 114 cm³/mol. The lowest BCUT2D eigenvalue weighted by Gasteiger charge is -2.55. The Morgan fingerprint density at radius 1 is 0.966 bits per heavy atom. The molecule has 4 saturated carbocycles. The van der Waals surface area contributed by atoms with E-state index < -0.39 is 10.0 Å². The summed E-state index contributed by atoms with van der Waals surface area (Å²) in [5.74, 6) is 2.31. The molecule has 6 heteroatoms. The Kier molecular flexibility index (Phi) is 5.31. The third-order valence-electron chi connectivity index (χ3n) is 7.25. The number of carbonyl (C=O) groups excluding carboxylic acids is 1. The molecule has 0 spiro atoms. The fraction of sp³-hybridized carbons (Fsp3) is 0.696. The van der Waals surface area contributed by atoms with Gasteiger partial charge in [-0.2, -0.15) is 0 Å². The van der Waals surface area contributed by atoms with Crippen LogP contribution < -0.4 is 10.0 Å². The molecule has 5 rings (SSSR count). The van der Waals surface area contributed by atoms with Crippen molar-refractivity contribution in [3.63, 3.8) is 0 Å². The Morgan fingerprint density at radius 2 is 1.48 bits per heavy atom. The first-order valence-electron chi connectivity index (χ1n) is 11.0. The third kappa shape index (κ3) is 4.24. The summed E-state index contributed by atoms with van der Waals surface area (Å²) in [4.78, 5) is 13.2. The van der Waals surface area contributed by atoms with Crippen molar-refractivity contribution >= 4 is 15.9 Å². The van der Waals surface area contributed by atoms with Gasteiger partial charge in [0.15, 0.2) is 0 Å². The summed E-state index contributed by atoms with van der Waals surface area (Å²) < 4.78 is 27.7. The Morgan fingerprint density at radius 3 is 1.97 bits per heavy atom. The van der Waals surface area contributed by atoms with Gasteiger partial charge in [0.05, 0.1) is 4.90 Å². The molecule has 4 bridgehead atoms. The smallest absolute Gasteiger partial charge is 0.240 e. The largest absolute Gasteiger partial charge is 0.354 e. The first-order chi connectivity index (χ1) is 13.6. The number of sulfonamides is 1. The zero-order chi connectivity index (χ0) is 20.9. The zero-order valence-corrected chi connectivity index (χ0v) is 18.6. The molecule has 1 aromatic carbocycles. The lowest BCUT2D eigenvalue weighted by atomic mass is 9.49. The van der Waals surface area contributed by atoms with Crippen LogP contribution in [0, 0.1) is 23.2 Å². The number of amides is 1. The summed E-state index contributed by atoms with van der Waals surface area (Å²) in [6.45, 7) is 6.84. The van der Waals surface area contributed by atoms with E-state index in [1.807, 2.05) is 12.1 Å². The molecule has 160 valence electrons. The van der Waals surface area contributed by atoms with Crippen molar-refractivity contribution in [2.45, 2.75) is 69.6 Å². The van der Waals surface area contributed by atoms with E-state index >= 15 is 0 Å². The van der Waals surface area contributed by atoms with Gasteiger partial charge in [-0.05, 0) is 79.4 Å². The quantitative estimate of drug-likeness (QED) is 0.693. The summed E-state index contributed by atoms with van der Waals surface area (Å²) >= 11 is 0. The van der Waals surface area contributed by atoms with Crippen LogP contribution in [0.2, 0.25) is 0 Å². The van der Waals surface area contributed by atoms with Crippen LogP contribution in [0.4, 0.5) is 0 Å². The average molecular weight is 419 g/mol. The molecule has 0 heterocycles. The molecule has 0 aliphatic heterocycles. The molecule has 0 radical (unpaired) electrons. The predicted octanol–water partition coefficient (Wildman–Crippen LogP) is 3.60. The number of benzene rings is 1. The molecular formula is C23H34N2O3S. The van der Waals surface area contributed by atoms with Gasteiger partial charge in [0.1, 0.15) is 0 Å². The molecule has 4 aliphatic rings. The summed E-state index contributed by atoms with van der Waals surface area (Å²) in [6, 6.07) is 7.03. The summed E-state index contributed by atoms with van der Waals surface area (Å²) in [6.07, 6.45) is 6.99. The van der Waals surface area contributed by atoms with E-state index in [0.29, 0.717) is 6.54 Å². The van der Waals surface area contributed by atoms with Crippen molar-refractivity contribution in [2.24, 2.45) is 23.2 Å². The normalized spacial score (nSPS) is 31.1. The van der Waals surface area contributed by atoms with Gasteiger partial charge >= 0.3 is 0 Å². The van der Waals surface area contributed by atoms with E-state index in [1.165, 1.54) is 19.3 Å². The Balaban J connectivity index is 1.29. The van der Waals surface area contributed by atoms with Crippen LogP contribution >= 0.6 is 0 Å². The molecule has 0 atom stereocenters. The first-order valence-corrected chi connectivity index (χ1v) is 12.4. The van der Waals surface area contributed by atoms with E-state index in [1.54, 1.807) is 12.1 Å². The summed E-state index contributed by atoms with van der Waals surface area (Å²) in [7, 11) is -3.57. The molecule has 5 nitrogen and oxygen atoms in total. The van der Waals surface area contributed by atoms with Crippen molar-refractivity contribution < 1.29 is 13.2 Å². The standard InChI is InChI=1S/C23H34N2O3S/c1-22(2,3)19-4-6-20(7-5-19)29(27,28)25-9-8-24-21(26)23-13-16-10-17(14-23)12-18(11-16)15-23/h4-7,16-18,25H,8-15H2,1-3H3,(H,24,26). The average Bonchev–Trinajstić information content (AvgIpc) is 2.63. The lowest BCUT2D eigenvalue weighted by Crippen LogP contribution is -2.54. The Bertz CT molecular complexity index is 833. The maximum atomic E-state index is 12.9. The van der Waals surface area contributed by atoms with E-state index in [9.17, 15) is 13.2 Å². The highest BCUT2D eigenvalue weighted by Crippen LogP contribution is 2.60. The monoisotopic (exact) mass is 418 g/mol. The van der Waals surface area contributed by atoms with Crippen molar-refractivity contribution in [1.29, 1.82) is 0 Å². The van der Waals surface area contributed by atoms with Gasteiger partial charge in [-0.1, -0.05) is 32.9 Å². The number of rotatable bonds is 6. The van der Waals surface area contributed by atoms with Gasteiger partial charge in [-0.3, -0.25) is 4.79 Å². The second-order valence-corrected chi connectivity index (χ2v) is 12.4. The highest BCUT2D eigenvalue weighted by atomic mass is 32.2. The molecule has 4 aliphatic carbocycles. The van der Waals surface area contributed by atoms with Gasteiger partial charge in [0.2, 0.25) is 15.9 Å². The van der Waals surface area contributed by atoms with Gasteiger partial charge in [-0.25, -0.2) is 13.1 Å². The molecule has 0 unspecified atom stereocenters. The second-order valence-electron chi connectivity index (χ2n) is 10.6. The highest BCUT2D eigenvalue weighted by Gasteiger charge is 2.54. The van der Waals surface area contributed by atoms with Crippen LogP contribution in [0.3, 0.4) is 0 Å². The molecule has 29 heavy (non-hydrogen) atoms. The number of hydrogen-bond donors (Lipinski definition) is 2. The molecular weight excluding hydrogens is 384 g/mol. The maximum absolute atomic E-state index is 12.9. The fourth-order valence-electron chi connectivity index (χ4n) is 6.16. The van der Waals surface area contributed by atoms with Crippen LogP contribution in [-0.2, 0) is 20.2 Å². The van der Waals surface area contributed by atoms with Gasteiger partial charge < -0.3 is 5.32 Å². The SMILES string of the molecule is CC(C)(C)c1ccc(S(=O)(=O)NCCNC(=O)C23CC4CC(CC(C4)C2)C3)cc1. The van der Waals surface area contributed by atoms with Crippen molar-refractivity contribution in [3.8, 4) is 0 Å². The summed E-state index contributed by atoms with van der Waals surface area (Å²) in [5, 5.41) is 3.03. The van der Waals surface area contributed by atoms with E-state index in [4.69, 9.17) is 0 Å². The molecule has 1 aromatic rings. The maximum Gasteiger partial charge on any atom is 0.240 e. The van der Waals surface area contributed by atoms with Crippen LogP contribution in [-0.4, -0.2) is 27.4 Å². The van der Waals surface area contributed by atoms with Crippen LogP contribution in [0.25, 0.3) is 0 Å². The van der Waals surface area contributed by atoms with E-state index in [0.717, 1.165) is 42.6 Å². The second kappa shape index (κ2) is 7.38. The molecule has 1 amide bonds. The first kappa shape index (κ1) is 20.9. The minimum atomic E-state index is -3.57.